The molecule has 0 aliphatic heterocycles. The molecule has 4 rings (SSSR count). The molecule has 0 aromatic rings. The van der Waals surface area contributed by atoms with Crippen LogP contribution in [0.3, 0.4) is 0 Å². The summed E-state index contributed by atoms with van der Waals surface area (Å²) in [7, 11) is 3.72. The molecule has 1 amide bonds. The number of aliphatic hydroxyl groups excluding tert-OH is 2. The number of aliphatic hydroxyl groups is 2. The van der Waals surface area contributed by atoms with Gasteiger partial charge in [-0.1, -0.05) is 20.8 Å². The predicted molar refractivity (Wildman–Crippen MR) is 120 cm³/mol. The van der Waals surface area contributed by atoms with Crippen molar-refractivity contribution in [2.24, 2.45) is 46.3 Å². The van der Waals surface area contributed by atoms with E-state index in [1.54, 1.807) is 4.90 Å². The van der Waals surface area contributed by atoms with Gasteiger partial charge in [0.1, 0.15) is 0 Å². The van der Waals surface area contributed by atoms with Gasteiger partial charge in [-0.05, 0) is 104 Å². The molecule has 0 heterocycles. The SMILES string of the molecule is CC(CCC(=O)N(C)C)[C@H]1CC[C@H]2[C@@H]3CC[C@H]4C[C@@H](O)C[C@H](O)[C@]4(C)[C@H]3CC[C@]12C. The Kier molecular flexibility index (Phi) is 6.07. The van der Waals surface area contributed by atoms with E-state index < -0.39 is 0 Å². The summed E-state index contributed by atoms with van der Waals surface area (Å²) in [5, 5.41) is 21.3. The molecule has 4 aliphatic rings. The maximum atomic E-state index is 12.1. The zero-order valence-electron chi connectivity index (χ0n) is 19.9. The maximum Gasteiger partial charge on any atom is 0.222 e. The van der Waals surface area contributed by atoms with Crippen molar-refractivity contribution in [3.05, 3.63) is 0 Å². The normalized spacial score (nSPS) is 49.0. The molecule has 0 aromatic heterocycles. The summed E-state index contributed by atoms with van der Waals surface area (Å²) in [6.07, 6.45) is 10.1. The number of rotatable bonds is 4. The van der Waals surface area contributed by atoms with Crippen molar-refractivity contribution < 1.29 is 15.0 Å². The van der Waals surface area contributed by atoms with Gasteiger partial charge in [0, 0.05) is 20.5 Å². The Morgan fingerprint density at radius 3 is 2.47 bits per heavy atom. The fraction of sp³-hybridized carbons (Fsp3) is 0.962. The molecule has 0 bridgehead atoms. The third-order valence-electron chi connectivity index (χ3n) is 10.8. The average Bonchev–Trinajstić information content (AvgIpc) is 3.04. The van der Waals surface area contributed by atoms with E-state index >= 15 is 0 Å². The smallest absolute Gasteiger partial charge is 0.222 e. The van der Waals surface area contributed by atoms with Gasteiger partial charge < -0.3 is 15.1 Å². The summed E-state index contributed by atoms with van der Waals surface area (Å²) in [5.74, 6) is 4.17. The number of nitrogens with zero attached hydrogens (tertiary/aromatic N) is 1. The zero-order chi connectivity index (χ0) is 21.8. The Balaban J connectivity index is 1.49. The van der Waals surface area contributed by atoms with Crippen molar-refractivity contribution >= 4 is 5.91 Å². The molecule has 4 aliphatic carbocycles. The first-order chi connectivity index (χ1) is 14.1. The van der Waals surface area contributed by atoms with Crippen molar-refractivity contribution in [2.45, 2.75) is 97.2 Å². The summed E-state index contributed by atoms with van der Waals surface area (Å²) in [6, 6.07) is 0. The molecule has 0 saturated heterocycles. The lowest BCUT2D eigenvalue weighted by Gasteiger charge is -2.62. The summed E-state index contributed by atoms with van der Waals surface area (Å²) < 4.78 is 0. The standard InChI is InChI=1S/C26H45NO3/c1-16(6-11-24(30)27(4)5)20-9-10-21-19-8-7-17-14-18(28)15-23(29)26(17,3)22(19)12-13-25(20,21)2/h16-23,28-29H,6-15H2,1-5H3/t16?,17-,18+,19-,20+,21-,22-,23-,25+,26-/m0/s1. The quantitative estimate of drug-likeness (QED) is 0.706. The Hall–Kier alpha value is -0.610. The van der Waals surface area contributed by atoms with Crippen molar-refractivity contribution in [1.82, 2.24) is 4.90 Å². The molecule has 0 spiro atoms. The van der Waals surface area contributed by atoms with Crippen LogP contribution in [0.4, 0.5) is 0 Å². The lowest BCUT2D eigenvalue weighted by atomic mass is 9.43. The first kappa shape index (κ1) is 22.6. The van der Waals surface area contributed by atoms with Gasteiger partial charge in [0.25, 0.3) is 0 Å². The number of carbonyl (C=O) groups is 1. The van der Waals surface area contributed by atoms with E-state index in [-0.39, 0.29) is 23.5 Å². The number of carbonyl (C=O) groups excluding carboxylic acids is 1. The van der Waals surface area contributed by atoms with Crippen molar-refractivity contribution in [1.29, 1.82) is 0 Å². The van der Waals surface area contributed by atoms with Crippen molar-refractivity contribution in [3.63, 3.8) is 0 Å². The van der Waals surface area contributed by atoms with Gasteiger partial charge in [0.15, 0.2) is 0 Å². The summed E-state index contributed by atoms with van der Waals surface area (Å²) in [4.78, 5) is 13.8. The highest BCUT2D eigenvalue weighted by Gasteiger charge is 2.62. The molecule has 2 N–H and O–H groups in total. The van der Waals surface area contributed by atoms with Crippen LogP contribution >= 0.6 is 0 Å². The van der Waals surface area contributed by atoms with Gasteiger partial charge in [0.05, 0.1) is 12.2 Å². The molecular weight excluding hydrogens is 374 g/mol. The van der Waals surface area contributed by atoms with Gasteiger partial charge in [-0.15, -0.1) is 0 Å². The first-order valence-corrected chi connectivity index (χ1v) is 12.6. The van der Waals surface area contributed by atoms with Crippen LogP contribution in [0, 0.1) is 46.3 Å². The Bertz CT molecular complexity index is 650. The molecule has 4 heteroatoms. The van der Waals surface area contributed by atoms with E-state index in [1.165, 1.54) is 38.5 Å². The number of amides is 1. The molecule has 4 fully saturated rings. The molecular formula is C26H45NO3. The molecule has 10 atom stereocenters. The fourth-order valence-corrected chi connectivity index (χ4v) is 9.05. The molecule has 4 nitrogen and oxygen atoms in total. The minimum absolute atomic E-state index is 0.00862. The number of hydrogen-bond donors (Lipinski definition) is 2. The monoisotopic (exact) mass is 419 g/mol. The van der Waals surface area contributed by atoms with Crippen LogP contribution in [-0.2, 0) is 4.79 Å². The van der Waals surface area contributed by atoms with Crippen LogP contribution in [0.5, 0.6) is 0 Å². The van der Waals surface area contributed by atoms with E-state index in [0.717, 1.165) is 30.6 Å². The largest absolute Gasteiger partial charge is 0.393 e. The molecule has 0 aromatic carbocycles. The number of hydrogen-bond acceptors (Lipinski definition) is 3. The second-order valence-electron chi connectivity index (χ2n) is 12.2. The van der Waals surface area contributed by atoms with Gasteiger partial charge in [-0.25, -0.2) is 0 Å². The average molecular weight is 420 g/mol. The van der Waals surface area contributed by atoms with Crippen molar-refractivity contribution in [2.75, 3.05) is 14.1 Å². The van der Waals surface area contributed by atoms with Crippen molar-refractivity contribution in [3.8, 4) is 0 Å². The lowest BCUT2D eigenvalue weighted by molar-refractivity contribution is -0.182. The molecule has 172 valence electrons. The minimum atomic E-state index is -0.350. The molecule has 0 radical (unpaired) electrons. The summed E-state index contributed by atoms with van der Waals surface area (Å²) in [5.41, 5.74) is 0.384. The van der Waals surface area contributed by atoms with Gasteiger partial charge in [0.2, 0.25) is 5.91 Å². The van der Waals surface area contributed by atoms with Crippen LogP contribution < -0.4 is 0 Å². The summed E-state index contributed by atoms with van der Waals surface area (Å²) in [6.45, 7) is 7.30. The van der Waals surface area contributed by atoms with Gasteiger partial charge >= 0.3 is 0 Å². The highest BCUT2D eigenvalue weighted by Crippen LogP contribution is 2.68. The second kappa shape index (κ2) is 8.06. The van der Waals surface area contributed by atoms with E-state index in [4.69, 9.17) is 0 Å². The van der Waals surface area contributed by atoms with E-state index in [1.807, 2.05) is 14.1 Å². The highest BCUT2D eigenvalue weighted by molar-refractivity contribution is 5.75. The summed E-state index contributed by atoms with van der Waals surface area (Å²) >= 11 is 0. The van der Waals surface area contributed by atoms with Crippen LogP contribution in [0.1, 0.15) is 85.0 Å². The molecule has 4 saturated carbocycles. The van der Waals surface area contributed by atoms with E-state index in [0.29, 0.717) is 36.0 Å². The van der Waals surface area contributed by atoms with E-state index in [9.17, 15) is 15.0 Å². The highest BCUT2D eigenvalue weighted by atomic mass is 16.3. The third-order valence-corrected chi connectivity index (χ3v) is 10.8. The topological polar surface area (TPSA) is 60.8 Å². The zero-order valence-corrected chi connectivity index (χ0v) is 19.9. The van der Waals surface area contributed by atoms with E-state index in [2.05, 4.69) is 20.8 Å². The minimum Gasteiger partial charge on any atom is -0.393 e. The fourth-order valence-electron chi connectivity index (χ4n) is 9.05. The van der Waals surface area contributed by atoms with Gasteiger partial charge in [-0.2, -0.15) is 0 Å². The third kappa shape index (κ3) is 3.45. The first-order valence-electron chi connectivity index (χ1n) is 12.6. The Labute approximate surface area is 183 Å². The van der Waals surface area contributed by atoms with Crippen LogP contribution in [0.25, 0.3) is 0 Å². The predicted octanol–water partition coefficient (Wildman–Crippen LogP) is 4.48. The second-order valence-corrected chi connectivity index (χ2v) is 12.2. The lowest BCUT2D eigenvalue weighted by Crippen LogP contribution is -2.59. The number of fused-ring (bicyclic) bond motifs is 5. The Morgan fingerprint density at radius 2 is 1.77 bits per heavy atom. The van der Waals surface area contributed by atoms with Crippen LogP contribution in [-0.4, -0.2) is 47.3 Å². The van der Waals surface area contributed by atoms with Crippen LogP contribution in [0.15, 0.2) is 0 Å². The Morgan fingerprint density at radius 1 is 1.03 bits per heavy atom. The molecule has 1 unspecified atom stereocenters. The molecule has 30 heavy (non-hydrogen) atoms. The van der Waals surface area contributed by atoms with Gasteiger partial charge in [-0.3, -0.25) is 4.79 Å². The van der Waals surface area contributed by atoms with Crippen LogP contribution in [0.2, 0.25) is 0 Å². The maximum absolute atomic E-state index is 12.1.